The van der Waals surface area contributed by atoms with E-state index in [1.54, 1.807) is 12.1 Å². The van der Waals surface area contributed by atoms with Crippen LogP contribution in [0.25, 0.3) is 0 Å². The van der Waals surface area contributed by atoms with E-state index in [1.165, 1.54) is 36.5 Å². The summed E-state index contributed by atoms with van der Waals surface area (Å²) in [7, 11) is -4.27. The fraction of sp³-hybridized carbons (Fsp3) is 0. The molecule has 0 bridgehead atoms. The van der Waals surface area contributed by atoms with Gasteiger partial charge in [0.25, 0.3) is 11.6 Å². The third-order valence-corrected chi connectivity index (χ3v) is 5.80. The van der Waals surface area contributed by atoms with Crippen molar-refractivity contribution in [3.63, 3.8) is 0 Å². The minimum absolute atomic E-state index is 0.0617. The van der Waals surface area contributed by atoms with Crippen LogP contribution >= 0.6 is 23.2 Å². The molecule has 12 heteroatoms. The molecule has 1 amide bonds. The van der Waals surface area contributed by atoms with E-state index in [1.807, 2.05) is 0 Å². The van der Waals surface area contributed by atoms with Crippen LogP contribution in [0.3, 0.4) is 0 Å². The summed E-state index contributed by atoms with van der Waals surface area (Å²) in [6, 6.07) is 14.7. The zero-order valence-corrected chi connectivity index (χ0v) is 18.3. The minimum atomic E-state index is -4.27. The monoisotopic (exact) mass is 493 g/mol. The molecule has 0 unspecified atom stereocenters. The Morgan fingerprint density at radius 3 is 2.41 bits per heavy atom. The number of hydrogen-bond donors (Lipinski definition) is 1. The summed E-state index contributed by atoms with van der Waals surface area (Å²) in [6.45, 7) is 0. The molecule has 0 aliphatic heterocycles. The topological polar surface area (TPSA) is 128 Å². The van der Waals surface area contributed by atoms with Crippen LogP contribution in [-0.2, 0) is 10.1 Å². The van der Waals surface area contributed by atoms with Gasteiger partial charge in [0.2, 0.25) is 0 Å². The predicted octanol–water partition coefficient (Wildman–Crippen LogP) is 4.43. The van der Waals surface area contributed by atoms with Crippen LogP contribution in [0.5, 0.6) is 5.75 Å². The van der Waals surface area contributed by atoms with Crippen molar-refractivity contribution in [1.82, 2.24) is 5.43 Å². The SMILES string of the molecule is O=C(N/N=C/c1ccccc1OS(=O)(=O)c1ccc([N+](=O)[O-])cc1)c1ccc(Cl)cc1Cl. The van der Waals surface area contributed by atoms with Crippen molar-refractivity contribution in [2.24, 2.45) is 5.10 Å². The maximum absolute atomic E-state index is 12.5. The van der Waals surface area contributed by atoms with Crippen LogP contribution in [0.2, 0.25) is 10.0 Å². The van der Waals surface area contributed by atoms with Crippen molar-refractivity contribution in [1.29, 1.82) is 0 Å². The zero-order valence-electron chi connectivity index (χ0n) is 15.9. The van der Waals surface area contributed by atoms with Gasteiger partial charge >= 0.3 is 10.1 Å². The molecule has 0 aliphatic carbocycles. The van der Waals surface area contributed by atoms with Crippen LogP contribution in [0.15, 0.2) is 76.7 Å². The van der Waals surface area contributed by atoms with Gasteiger partial charge in [-0.1, -0.05) is 35.3 Å². The molecule has 0 heterocycles. The molecular formula is C20H13Cl2N3O6S. The first-order valence-corrected chi connectivity index (χ1v) is 10.9. The highest BCUT2D eigenvalue weighted by Crippen LogP contribution is 2.24. The third kappa shape index (κ3) is 5.61. The Hall–Kier alpha value is -3.47. The van der Waals surface area contributed by atoms with Gasteiger partial charge in [0.1, 0.15) is 4.90 Å². The lowest BCUT2D eigenvalue weighted by atomic mass is 10.2. The van der Waals surface area contributed by atoms with Gasteiger partial charge in [-0.05, 0) is 42.5 Å². The lowest BCUT2D eigenvalue weighted by molar-refractivity contribution is -0.384. The van der Waals surface area contributed by atoms with E-state index in [4.69, 9.17) is 27.4 Å². The average Bonchev–Trinajstić information content (AvgIpc) is 2.74. The first kappa shape index (κ1) is 23.2. The number of nitrogens with one attached hydrogen (secondary N) is 1. The first-order valence-electron chi connectivity index (χ1n) is 8.74. The number of carbonyl (C=O) groups is 1. The lowest BCUT2D eigenvalue weighted by Gasteiger charge is -2.09. The van der Waals surface area contributed by atoms with E-state index in [-0.39, 0.29) is 32.5 Å². The highest BCUT2D eigenvalue weighted by atomic mass is 35.5. The molecule has 164 valence electrons. The Morgan fingerprint density at radius 1 is 1.06 bits per heavy atom. The number of nitrogens with zero attached hydrogens (tertiary/aromatic N) is 2. The van der Waals surface area contributed by atoms with E-state index in [0.717, 1.165) is 24.3 Å². The second-order valence-corrected chi connectivity index (χ2v) is 8.54. The first-order chi connectivity index (χ1) is 15.2. The van der Waals surface area contributed by atoms with Crippen LogP contribution in [0.4, 0.5) is 5.69 Å². The quantitative estimate of drug-likeness (QED) is 0.224. The van der Waals surface area contributed by atoms with Crippen molar-refractivity contribution in [2.75, 3.05) is 0 Å². The highest BCUT2D eigenvalue weighted by molar-refractivity contribution is 7.87. The molecule has 0 aromatic heterocycles. The molecule has 0 atom stereocenters. The van der Waals surface area contributed by atoms with Crippen LogP contribution in [0, 0.1) is 10.1 Å². The molecule has 3 aromatic carbocycles. The normalized spacial score (nSPS) is 11.3. The largest absolute Gasteiger partial charge is 0.378 e. The van der Waals surface area contributed by atoms with Crippen molar-refractivity contribution in [3.05, 3.63) is 98.0 Å². The summed E-state index contributed by atoms with van der Waals surface area (Å²) in [5, 5.41) is 15.1. The number of hydrazone groups is 1. The van der Waals surface area contributed by atoms with E-state index in [0.29, 0.717) is 5.02 Å². The number of hydrogen-bond acceptors (Lipinski definition) is 7. The fourth-order valence-corrected chi connectivity index (χ4v) is 3.91. The molecule has 32 heavy (non-hydrogen) atoms. The second kappa shape index (κ2) is 9.77. The van der Waals surface area contributed by atoms with E-state index < -0.39 is 20.9 Å². The van der Waals surface area contributed by atoms with Gasteiger partial charge in [0.05, 0.1) is 21.7 Å². The van der Waals surface area contributed by atoms with Crippen molar-refractivity contribution >= 4 is 51.1 Å². The number of non-ortho nitro benzene ring substituents is 1. The summed E-state index contributed by atoms with van der Waals surface area (Å²) in [5.74, 6) is -0.659. The molecule has 0 radical (unpaired) electrons. The molecule has 0 fully saturated rings. The summed E-state index contributed by atoms with van der Waals surface area (Å²) in [5.41, 5.74) is 2.43. The van der Waals surface area contributed by atoms with Gasteiger partial charge in [-0.3, -0.25) is 14.9 Å². The number of nitro benzene ring substituents is 1. The molecule has 9 nitrogen and oxygen atoms in total. The number of nitro groups is 1. The summed E-state index contributed by atoms with van der Waals surface area (Å²) < 4.78 is 30.2. The van der Waals surface area contributed by atoms with Crippen LogP contribution < -0.4 is 9.61 Å². The van der Waals surface area contributed by atoms with Crippen LogP contribution in [0.1, 0.15) is 15.9 Å². The van der Waals surface area contributed by atoms with Gasteiger partial charge in [-0.2, -0.15) is 13.5 Å². The summed E-state index contributed by atoms with van der Waals surface area (Å²) in [4.78, 5) is 22.0. The van der Waals surface area contributed by atoms with E-state index in [9.17, 15) is 23.3 Å². The second-order valence-electron chi connectivity index (χ2n) is 6.15. The van der Waals surface area contributed by atoms with Crippen molar-refractivity contribution in [3.8, 4) is 5.75 Å². The number of para-hydroxylation sites is 1. The van der Waals surface area contributed by atoms with Crippen molar-refractivity contribution < 1.29 is 22.3 Å². The molecule has 0 spiro atoms. The Balaban J connectivity index is 1.76. The molecule has 3 aromatic rings. The molecule has 0 saturated carbocycles. The van der Waals surface area contributed by atoms with Gasteiger partial charge in [0, 0.05) is 22.7 Å². The van der Waals surface area contributed by atoms with E-state index in [2.05, 4.69) is 10.5 Å². The Labute approximate surface area is 192 Å². The van der Waals surface area contributed by atoms with E-state index >= 15 is 0 Å². The Morgan fingerprint density at radius 2 is 1.75 bits per heavy atom. The highest BCUT2D eigenvalue weighted by Gasteiger charge is 2.19. The van der Waals surface area contributed by atoms with Gasteiger partial charge in [0.15, 0.2) is 5.75 Å². The van der Waals surface area contributed by atoms with Gasteiger partial charge in [-0.25, -0.2) is 5.43 Å². The third-order valence-electron chi connectivity index (χ3n) is 4.00. The molecule has 1 N–H and O–H groups in total. The average molecular weight is 494 g/mol. The number of benzene rings is 3. The van der Waals surface area contributed by atoms with Gasteiger partial charge < -0.3 is 4.18 Å². The number of halogens is 2. The molecule has 0 aliphatic rings. The predicted molar refractivity (Wildman–Crippen MR) is 119 cm³/mol. The lowest BCUT2D eigenvalue weighted by Crippen LogP contribution is -2.18. The number of amides is 1. The van der Waals surface area contributed by atoms with Crippen LogP contribution in [-0.4, -0.2) is 25.5 Å². The maximum Gasteiger partial charge on any atom is 0.339 e. The minimum Gasteiger partial charge on any atom is -0.378 e. The van der Waals surface area contributed by atoms with Crippen molar-refractivity contribution in [2.45, 2.75) is 4.90 Å². The Kier molecular flexibility index (Phi) is 7.08. The number of rotatable bonds is 7. The zero-order chi connectivity index (χ0) is 23.3. The van der Waals surface area contributed by atoms with Gasteiger partial charge in [-0.15, -0.1) is 0 Å². The Bertz CT molecular complexity index is 1310. The molecule has 0 saturated heterocycles. The summed E-state index contributed by atoms with van der Waals surface area (Å²) >= 11 is 11.8. The molecular weight excluding hydrogens is 481 g/mol. The smallest absolute Gasteiger partial charge is 0.339 e. The number of carbonyl (C=O) groups excluding carboxylic acids is 1. The summed E-state index contributed by atoms with van der Waals surface area (Å²) in [6.07, 6.45) is 1.20. The maximum atomic E-state index is 12.5. The molecule has 3 rings (SSSR count). The fourth-order valence-electron chi connectivity index (χ4n) is 2.46. The standard InChI is InChI=1S/C20H13Cl2N3O6S/c21-14-5-10-17(18(22)11-14)20(26)24-23-12-13-3-1-2-4-19(13)31-32(29,30)16-8-6-15(7-9-16)25(27)28/h1-12H,(H,24,26)/b23-12+.